The van der Waals surface area contributed by atoms with Crippen LogP contribution in [-0.2, 0) is 0 Å². The first-order chi connectivity index (χ1) is 13.6. The van der Waals surface area contributed by atoms with Gasteiger partial charge < -0.3 is 4.90 Å². The summed E-state index contributed by atoms with van der Waals surface area (Å²) in [4.78, 5) is 24.6. The predicted octanol–water partition coefficient (Wildman–Crippen LogP) is 5.65. The number of amides is 1. The topological polar surface area (TPSA) is 46.1 Å². The third-order valence-corrected chi connectivity index (χ3v) is 5.00. The minimum Gasteiger partial charge on any atom is -0.339 e. The highest BCUT2D eigenvalue weighted by atomic mass is 16.2. The molecule has 4 heteroatoms. The highest BCUT2D eigenvalue weighted by Crippen LogP contribution is 2.26. The van der Waals surface area contributed by atoms with E-state index in [-0.39, 0.29) is 5.91 Å². The van der Waals surface area contributed by atoms with Crippen molar-refractivity contribution in [3.05, 3.63) is 59.9 Å². The summed E-state index contributed by atoms with van der Waals surface area (Å²) in [6.45, 7) is 7.97. The summed E-state index contributed by atoms with van der Waals surface area (Å²) in [7, 11) is 0. The summed E-state index contributed by atoms with van der Waals surface area (Å²) in [5.74, 6) is 0.102. The van der Waals surface area contributed by atoms with E-state index in [1.807, 2.05) is 35.2 Å². The average molecular weight is 376 g/mol. The van der Waals surface area contributed by atoms with Gasteiger partial charge in [-0.1, -0.05) is 38.3 Å². The average Bonchev–Trinajstić information content (AvgIpc) is 2.73. The summed E-state index contributed by atoms with van der Waals surface area (Å²) in [5, 5.41) is 0.927. The molecule has 0 aliphatic rings. The Balaban J connectivity index is 2.10. The molecule has 4 nitrogen and oxygen atoms in total. The van der Waals surface area contributed by atoms with Crippen LogP contribution in [0.1, 0.15) is 55.5 Å². The van der Waals surface area contributed by atoms with Gasteiger partial charge in [-0.25, -0.2) is 4.98 Å². The van der Waals surface area contributed by atoms with Gasteiger partial charge in [0.1, 0.15) is 0 Å². The molecule has 28 heavy (non-hydrogen) atoms. The number of benzene rings is 1. The predicted molar refractivity (Wildman–Crippen MR) is 115 cm³/mol. The van der Waals surface area contributed by atoms with Crippen LogP contribution in [0.4, 0.5) is 0 Å². The molecule has 1 aromatic carbocycles. The van der Waals surface area contributed by atoms with E-state index in [0.29, 0.717) is 0 Å². The first kappa shape index (κ1) is 20.0. The summed E-state index contributed by atoms with van der Waals surface area (Å²) >= 11 is 0. The van der Waals surface area contributed by atoms with E-state index in [4.69, 9.17) is 4.98 Å². The van der Waals surface area contributed by atoms with Crippen LogP contribution >= 0.6 is 0 Å². The highest BCUT2D eigenvalue weighted by molar-refractivity contribution is 6.07. The number of carbonyl (C=O) groups is 1. The molecule has 1 amide bonds. The molecule has 0 saturated heterocycles. The zero-order valence-electron chi connectivity index (χ0n) is 17.1. The number of nitrogens with zero attached hydrogens (tertiary/aromatic N) is 3. The van der Waals surface area contributed by atoms with Gasteiger partial charge in [-0.2, -0.15) is 0 Å². The largest absolute Gasteiger partial charge is 0.339 e. The number of aromatic nitrogens is 2. The zero-order chi connectivity index (χ0) is 19.9. The van der Waals surface area contributed by atoms with E-state index in [1.165, 1.54) is 0 Å². The fourth-order valence-corrected chi connectivity index (χ4v) is 3.36. The monoisotopic (exact) mass is 375 g/mol. The Bertz CT molecular complexity index is 929. The van der Waals surface area contributed by atoms with Crippen molar-refractivity contribution in [2.45, 2.75) is 46.5 Å². The molecule has 0 aliphatic heterocycles. The molecule has 2 aromatic heterocycles. The molecule has 3 rings (SSSR count). The molecule has 0 unspecified atom stereocenters. The Morgan fingerprint density at radius 2 is 1.79 bits per heavy atom. The third-order valence-electron chi connectivity index (χ3n) is 5.00. The van der Waals surface area contributed by atoms with Crippen molar-refractivity contribution in [3.8, 4) is 11.3 Å². The first-order valence-corrected chi connectivity index (χ1v) is 10.2. The number of hydrogen-bond donors (Lipinski definition) is 0. The van der Waals surface area contributed by atoms with E-state index in [2.05, 4.69) is 31.8 Å². The molecule has 3 aromatic rings. The summed E-state index contributed by atoms with van der Waals surface area (Å²) < 4.78 is 0. The summed E-state index contributed by atoms with van der Waals surface area (Å²) in [6.07, 6.45) is 7.74. The molecule has 0 spiro atoms. The maximum Gasteiger partial charge on any atom is 0.254 e. The van der Waals surface area contributed by atoms with Gasteiger partial charge in [-0.3, -0.25) is 9.78 Å². The van der Waals surface area contributed by atoms with Crippen molar-refractivity contribution in [2.75, 3.05) is 13.1 Å². The second-order valence-corrected chi connectivity index (χ2v) is 7.32. The van der Waals surface area contributed by atoms with Gasteiger partial charge in [0.05, 0.1) is 16.8 Å². The molecule has 2 heterocycles. The third kappa shape index (κ3) is 4.56. The molecule has 146 valence electrons. The quantitative estimate of drug-likeness (QED) is 0.511. The number of carbonyl (C=O) groups excluding carboxylic acids is 1. The smallest absolute Gasteiger partial charge is 0.254 e. The number of hydrogen-bond acceptors (Lipinski definition) is 3. The van der Waals surface area contributed by atoms with E-state index in [1.54, 1.807) is 12.4 Å². The number of rotatable bonds is 8. The number of aryl methyl sites for hydroxylation is 1. The van der Waals surface area contributed by atoms with Crippen molar-refractivity contribution in [1.82, 2.24) is 14.9 Å². The van der Waals surface area contributed by atoms with E-state index in [0.717, 1.165) is 72.1 Å². The Kier molecular flexibility index (Phi) is 6.75. The van der Waals surface area contributed by atoms with Crippen LogP contribution in [0, 0.1) is 6.92 Å². The fourth-order valence-electron chi connectivity index (χ4n) is 3.36. The first-order valence-electron chi connectivity index (χ1n) is 10.2. The Hall–Kier alpha value is -2.75. The Morgan fingerprint density at radius 3 is 2.43 bits per heavy atom. The lowest BCUT2D eigenvalue weighted by molar-refractivity contribution is 0.0753. The molecule has 0 radical (unpaired) electrons. The lowest BCUT2D eigenvalue weighted by Gasteiger charge is -2.23. The molecular weight excluding hydrogens is 346 g/mol. The molecule has 0 atom stereocenters. The number of unbranched alkanes of at least 4 members (excludes halogenated alkanes) is 2. The van der Waals surface area contributed by atoms with Crippen molar-refractivity contribution in [1.29, 1.82) is 0 Å². The van der Waals surface area contributed by atoms with Crippen LogP contribution in [0.15, 0.2) is 48.8 Å². The zero-order valence-corrected chi connectivity index (χ0v) is 17.1. The van der Waals surface area contributed by atoms with Crippen LogP contribution in [0.3, 0.4) is 0 Å². The van der Waals surface area contributed by atoms with Gasteiger partial charge in [0, 0.05) is 36.4 Å². The molecule has 0 bridgehead atoms. The highest BCUT2D eigenvalue weighted by Gasteiger charge is 2.19. The molecule has 0 fully saturated rings. The maximum atomic E-state index is 13.5. The standard InChI is InChI=1S/C24H29N3O/c1-4-6-13-27(14-7-5-2)24(28)21-16-23(19-9-8-12-25-17-19)26-22-11-10-18(3)15-20(21)22/h8-12,15-17H,4-7,13-14H2,1-3H3. The van der Waals surface area contributed by atoms with E-state index in [9.17, 15) is 4.79 Å². The minimum atomic E-state index is 0.102. The van der Waals surface area contributed by atoms with Crippen LogP contribution in [0.2, 0.25) is 0 Å². The second kappa shape index (κ2) is 9.45. The van der Waals surface area contributed by atoms with Crippen molar-refractivity contribution >= 4 is 16.8 Å². The van der Waals surface area contributed by atoms with E-state index < -0.39 is 0 Å². The summed E-state index contributed by atoms with van der Waals surface area (Å²) in [5.41, 5.74) is 4.43. The van der Waals surface area contributed by atoms with Crippen LogP contribution in [0.25, 0.3) is 22.2 Å². The SMILES string of the molecule is CCCCN(CCCC)C(=O)c1cc(-c2cccnc2)nc2ccc(C)cc12. The lowest BCUT2D eigenvalue weighted by Crippen LogP contribution is -2.33. The Labute approximate surface area is 167 Å². The van der Waals surface area contributed by atoms with Gasteiger partial charge in [-0.05, 0) is 50.1 Å². The van der Waals surface area contributed by atoms with Gasteiger partial charge in [0.2, 0.25) is 0 Å². The van der Waals surface area contributed by atoms with Crippen molar-refractivity contribution in [2.24, 2.45) is 0 Å². The van der Waals surface area contributed by atoms with Gasteiger partial charge in [0.15, 0.2) is 0 Å². The number of fused-ring (bicyclic) bond motifs is 1. The van der Waals surface area contributed by atoms with Crippen LogP contribution in [-0.4, -0.2) is 33.9 Å². The van der Waals surface area contributed by atoms with Crippen LogP contribution < -0.4 is 0 Å². The van der Waals surface area contributed by atoms with Crippen LogP contribution in [0.5, 0.6) is 0 Å². The maximum absolute atomic E-state index is 13.5. The molecular formula is C24H29N3O. The number of pyridine rings is 2. The van der Waals surface area contributed by atoms with E-state index >= 15 is 0 Å². The van der Waals surface area contributed by atoms with Gasteiger partial charge in [0.25, 0.3) is 5.91 Å². The molecule has 0 aliphatic carbocycles. The fraction of sp³-hybridized carbons (Fsp3) is 0.375. The lowest BCUT2D eigenvalue weighted by atomic mass is 10.0. The minimum absolute atomic E-state index is 0.102. The molecule has 0 saturated carbocycles. The van der Waals surface area contributed by atoms with Gasteiger partial charge >= 0.3 is 0 Å². The van der Waals surface area contributed by atoms with Crippen molar-refractivity contribution in [3.63, 3.8) is 0 Å². The summed E-state index contributed by atoms with van der Waals surface area (Å²) in [6, 6.07) is 11.9. The van der Waals surface area contributed by atoms with Gasteiger partial charge in [-0.15, -0.1) is 0 Å². The second-order valence-electron chi connectivity index (χ2n) is 7.32. The normalized spacial score (nSPS) is 11.0. The van der Waals surface area contributed by atoms with Crippen molar-refractivity contribution < 1.29 is 4.79 Å². The molecule has 0 N–H and O–H groups in total. The Morgan fingerprint density at radius 1 is 1.04 bits per heavy atom.